The molecule has 1 aromatic heterocycles. The van der Waals surface area contributed by atoms with Gasteiger partial charge in [-0.25, -0.2) is 14.5 Å². The number of piperidine rings is 1. The van der Waals surface area contributed by atoms with Gasteiger partial charge in [-0.1, -0.05) is 12.1 Å². The molecule has 122 valence electrons. The number of carbonyl (C=O) groups excluding carboxylic acids is 1. The van der Waals surface area contributed by atoms with Crippen molar-refractivity contribution in [3.8, 4) is 5.75 Å². The number of benzene rings is 1. The van der Waals surface area contributed by atoms with E-state index in [0.717, 1.165) is 30.6 Å². The highest BCUT2D eigenvalue weighted by Crippen LogP contribution is 2.28. The summed E-state index contributed by atoms with van der Waals surface area (Å²) in [6.07, 6.45) is 5.18. The Labute approximate surface area is 135 Å². The molecule has 1 fully saturated rings. The summed E-state index contributed by atoms with van der Waals surface area (Å²) in [7, 11) is 1.60. The van der Waals surface area contributed by atoms with Gasteiger partial charge in [0.1, 0.15) is 18.4 Å². The fourth-order valence-electron chi connectivity index (χ4n) is 2.92. The van der Waals surface area contributed by atoms with Crippen LogP contribution in [0.3, 0.4) is 0 Å². The maximum atomic E-state index is 12.6. The van der Waals surface area contributed by atoms with Crippen molar-refractivity contribution in [1.29, 1.82) is 0 Å². The van der Waals surface area contributed by atoms with Gasteiger partial charge in [0.2, 0.25) is 0 Å². The van der Waals surface area contributed by atoms with Crippen molar-refractivity contribution in [1.82, 2.24) is 19.7 Å². The van der Waals surface area contributed by atoms with Gasteiger partial charge in [0, 0.05) is 13.1 Å². The van der Waals surface area contributed by atoms with Gasteiger partial charge in [-0.15, -0.1) is 0 Å². The molecule has 2 aromatic rings. The predicted octanol–water partition coefficient (Wildman–Crippen LogP) is 2.46. The first-order chi connectivity index (χ1) is 11.2. The minimum atomic E-state index is -0.109. The van der Waals surface area contributed by atoms with Crippen LogP contribution in [0.2, 0.25) is 0 Å². The fourth-order valence-corrected chi connectivity index (χ4v) is 2.92. The van der Waals surface area contributed by atoms with Crippen molar-refractivity contribution in [2.75, 3.05) is 25.5 Å². The molecule has 7 nitrogen and oxygen atoms in total. The Balaban J connectivity index is 1.71. The van der Waals surface area contributed by atoms with E-state index in [9.17, 15) is 4.79 Å². The first-order valence-corrected chi connectivity index (χ1v) is 7.72. The number of carbonyl (C=O) groups is 1. The van der Waals surface area contributed by atoms with Crippen LogP contribution in [-0.2, 0) is 0 Å². The lowest BCUT2D eigenvalue weighted by Crippen LogP contribution is -2.43. The molecule has 0 spiro atoms. The smallest absolute Gasteiger partial charge is 0.322 e. The van der Waals surface area contributed by atoms with E-state index < -0.39 is 0 Å². The van der Waals surface area contributed by atoms with Crippen LogP contribution in [0.4, 0.5) is 10.5 Å². The number of aryl methyl sites for hydroxylation is 1. The summed E-state index contributed by atoms with van der Waals surface area (Å²) in [5.74, 6) is 0.670. The Hall–Kier alpha value is -2.57. The molecule has 0 aliphatic carbocycles. The van der Waals surface area contributed by atoms with Crippen LogP contribution in [-0.4, -0.2) is 45.9 Å². The lowest BCUT2D eigenvalue weighted by molar-refractivity contribution is 0.174. The van der Waals surface area contributed by atoms with E-state index in [2.05, 4.69) is 15.4 Å². The first-order valence-electron chi connectivity index (χ1n) is 7.72. The average Bonchev–Trinajstić information content (AvgIpc) is 3.11. The number of aromatic nitrogens is 3. The van der Waals surface area contributed by atoms with Gasteiger partial charge >= 0.3 is 6.03 Å². The predicted molar refractivity (Wildman–Crippen MR) is 86.6 cm³/mol. The summed E-state index contributed by atoms with van der Waals surface area (Å²) in [6, 6.07) is 5.77. The second kappa shape index (κ2) is 6.68. The van der Waals surface area contributed by atoms with E-state index >= 15 is 0 Å². The third kappa shape index (κ3) is 3.28. The van der Waals surface area contributed by atoms with Crippen LogP contribution in [0.1, 0.15) is 24.4 Å². The molecule has 0 saturated carbocycles. The Morgan fingerprint density at radius 1 is 1.43 bits per heavy atom. The van der Waals surface area contributed by atoms with Crippen LogP contribution in [0.25, 0.3) is 0 Å². The molecule has 1 aromatic carbocycles. The van der Waals surface area contributed by atoms with Crippen molar-refractivity contribution in [2.24, 2.45) is 0 Å². The number of nitrogens with one attached hydrogen (secondary N) is 1. The van der Waals surface area contributed by atoms with Crippen LogP contribution in [0, 0.1) is 6.92 Å². The molecule has 1 atom stereocenters. The zero-order valence-electron chi connectivity index (χ0n) is 13.4. The lowest BCUT2D eigenvalue weighted by Gasteiger charge is -2.32. The minimum Gasteiger partial charge on any atom is -0.495 e. The van der Waals surface area contributed by atoms with Crippen LogP contribution >= 0.6 is 0 Å². The highest BCUT2D eigenvalue weighted by Gasteiger charge is 2.26. The number of hydrogen-bond donors (Lipinski definition) is 1. The van der Waals surface area contributed by atoms with E-state index in [1.165, 1.54) is 6.33 Å². The highest BCUT2D eigenvalue weighted by molar-refractivity contribution is 5.92. The summed E-state index contributed by atoms with van der Waals surface area (Å²) < 4.78 is 7.17. The topological polar surface area (TPSA) is 72.3 Å². The number of rotatable bonds is 3. The van der Waals surface area contributed by atoms with Crippen molar-refractivity contribution < 1.29 is 9.53 Å². The van der Waals surface area contributed by atoms with Crippen molar-refractivity contribution in [2.45, 2.75) is 25.8 Å². The quantitative estimate of drug-likeness (QED) is 0.944. The van der Waals surface area contributed by atoms with Gasteiger partial charge in [-0.2, -0.15) is 5.10 Å². The molecule has 1 N–H and O–H groups in total. The van der Waals surface area contributed by atoms with Crippen molar-refractivity contribution in [3.05, 3.63) is 36.4 Å². The number of urea groups is 1. The Morgan fingerprint density at radius 3 is 3.04 bits per heavy atom. The Bertz CT molecular complexity index is 671. The van der Waals surface area contributed by atoms with Crippen molar-refractivity contribution >= 4 is 11.7 Å². The second-order valence-electron chi connectivity index (χ2n) is 5.70. The van der Waals surface area contributed by atoms with E-state index in [1.54, 1.807) is 13.4 Å². The van der Waals surface area contributed by atoms with E-state index in [4.69, 9.17) is 4.74 Å². The number of methoxy groups -OCH3 is 1. The summed E-state index contributed by atoms with van der Waals surface area (Å²) in [4.78, 5) is 18.4. The minimum absolute atomic E-state index is 0.109. The van der Waals surface area contributed by atoms with Gasteiger partial charge in [-0.3, -0.25) is 0 Å². The number of ether oxygens (including phenoxy) is 1. The SMILES string of the molecule is COc1cccc(C)c1NC(=O)N1CCC[C@@H](n2cncn2)C1. The van der Waals surface area contributed by atoms with Crippen molar-refractivity contribution in [3.63, 3.8) is 0 Å². The molecule has 1 saturated heterocycles. The fraction of sp³-hybridized carbons (Fsp3) is 0.438. The maximum absolute atomic E-state index is 12.6. The third-order valence-electron chi connectivity index (χ3n) is 4.18. The molecule has 3 rings (SSSR count). The number of para-hydroxylation sites is 1. The van der Waals surface area contributed by atoms with Gasteiger partial charge in [0.05, 0.1) is 18.8 Å². The molecular weight excluding hydrogens is 294 g/mol. The van der Waals surface area contributed by atoms with Gasteiger partial charge in [-0.05, 0) is 31.4 Å². The maximum Gasteiger partial charge on any atom is 0.322 e. The molecule has 1 aliphatic heterocycles. The highest BCUT2D eigenvalue weighted by atomic mass is 16.5. The second-order valence-corrected chi connectivity index (χ2v) is 5.70. The first kappa shape index (κ1) is 15.3. The zero-order chi connectivity index (χ0) is 16.2. The Kier molecular flexibility index (Phi) is 4.45. The monoisotopic (exact) mass is 315 g/mol. The number of anilines is 1. The molecule has 7 heteroatoms. The molecule has 23 heavy (non-hydrogen) atoms. The van der Waals surface area contributed by atoms with E-state index in [1.807, 2.05) is 34.7 Å². The molecule has 1 aliphatic rings. The number of likely N-dealkylation sites (tertiary alicyclic amines) is 1. The molecular formula is C16H21N5O2. The van der Waals surface area contributed by atoms with Gasteiger partial charge in [0.15, 0.2) is 0 Å². The van der Waals surface area contributed by atoms with Crippen LogP contribution in [0.15, 0.2) is 30.9 Å². The standard InChI is InChI=1S/C16H21N5O2/c1-12-5-3-7-14(23-2)15(12)19-16(22)20-8-4-6-13(9-20)21-11-17-10-18-21/h3,5,7,10-11,13H,4,6,8-9H2,1-2H3,(H,19,22)/t13-/m1/s1. The third-order valence-corrected chi connectivity index (χ3v) is 4.18. The number of hydrogen-bond acceptors (Lipinski definition) is 4. The van der Waals surface area contributed by atoms with Crippen LogP contribution < -0.4 is 10.1 Å². The zero-order valence-corrected chi connectivity index (χ0v) is 13.4. The summed E-state index contributed by atoms with van der Waals surface area (Å²) in [5.41, 5.74) is 1.70. The van der Waals surface area contributed by atoms with E-state index in [0.29, 0.717) is 12.3 Å². The van der Waals surface area contributed by atoms with Gasteiger partial charge in [0.25, 0.3) is 0 Å². The molecule has 0 bridgehead atoms. The van der Waals surface area contributed by atoms with Crippen LogP contribution in [0.5, 0.6) is 5.75 Å². The number of nitrogens with zero attached hydrogens (tertiary/aromatic N) is 4. The summed E-state index contributed by atoms with van der Waals surface area (Å²) in [5, 5.41) is 7.17. The van der Waals surface area contributed by atoms with Gasteiger partial charge < -0.3 is 15.0 Å². The normalized spacial score (nSPS) is 17.8. The number of amides is 2. The summed E-state index contributed by atoms with van der Waals surface area (Å²) >= 11 is 0. The molecule has 0 radical (unpaired) electrons. The molecule has 0 unspecified atom stereocenters. The average molecular weight is 315 g/mol. The molecule has 2 amide bonds. The lowest BCUT2D eigenvalue weighted by atomic mass is 10.1. The summed E-state index contributed by atoms with van der Waals surface area (Å²) in [6.45, 7) is 3.32. The Morgan fingerprint density at radius 2 is 2.30 bits per heavy atom. The molecule has 2 heterocycles. The largest absolute Gasteiger partial charge is 0.495 e. The van der Waals surface area contributed by atoms with E-state index in [-0.39, 0.29) is 12.1 Å².